The van der Waals surface area contributed by atoms with E-state index in [4.69, 9.17) is 11.6 Å². The lowest BCUT2D eigenvalue weighted by Crippen LogP contribution is -2.29. The highest BCUT2D eigenvalue weighted by molar-refractivity contribution is 7.10. The van der Waals surface area contributed by atoms with E-state index in [0.717, 1.165) is 0 Å². The summed E-state index contributed by atoms with van der Waals surface area (Å²) in [7, 11) is 1.81. The molecule has 0 saturated carbocycles. The number of carbonyl (C=O) groups excluding carboxylic acids is 1. The lowest BCUT2D eigenvalue weighted by Gasteiger charge is -2.24. The Bertz CT molecular complexity index is 538. The minimum atomic E-state index is -0.0154. The van der Waals surface area contributed by atoms with Gasteiger partial charge in [0.05, 0.1) is 6.04 Å². The zero-order valence-corrected chi connectivity index (χ0v) is 11.8. The summed E-state index contributed by atoms with van der Waals surface area (Å²) in [4.78, 5) is 15.2. The van der Waals surface area contributed by atoms with Crippen LogP contribution in [-0.4, -0.2) is 17.9 Å². The highest BCUT2D eigenvalue weighted by Crippen LogP contribution is 2.25. The van der Waals surface area contributed by atoms with Gasteiger partial charge < -0.3 is 4.90 Å². The molecule has 1 atom stereocenters. The summed E-state index contributed by atoms with van der Waals surface area (Å²) in [5, 5.41) is 2.60. The van der Waals surface area contributed by atoms with Crippen LogP contribution in [0.25, 0.3) is 0 Å². The summed E-state index contributed by atoms with van der Waals surface area (Å²) in [5.74, 6) is -0.0154. The Morgan fingerprint density at radius 1 is 1.33 bits per heavy atom. The van der Waals surface area contributed by atoms with E-state index < -0.39 is 0 Å². The molecule has 1 aromatic heterocycles. The molecule has 1 amide bonds. The highest BCUT2D eigenvalue weighted by atomic mass is 35.5. The Balaban J connectivity index is 2.19. The number of thiophene rings is 1. The van der Waals surface area contributed by atoms with Crippen molar-refractivity contribution in [3.05, 3.63) is 57.2 Å². The molecule has 0 fully saturated rings. The minimum Gasteiger partial charge on any atom is -0.334 e. The maximum atomic E-state index is 12.3. The number of hydrogen-bond donors (Lipinski definition) is 0. The molecule has 0 radical (unpaired) electrons. The van der Waals surface area contributed by atoms with Crippen LogP contribution in [0.3, 0.4) is 0 Å². The van der Waals surface area contributed by atoms with Crippen molar-refractivity contribution in [3.8, 4) is 0 Å². The van der Waals surface area contributed by atoms with Gasteiger partial charge in [0.1, 0.15) is 0 Å². The second kappa shape index (κ2) is 5.55. The predicted molar refractivity (Wildman–Crippen MR) is 76.3 cm³/mol. The fourth-order valence-corrected chi connectivity index (χ4v) is 2.74. The molecule has 0 spiro atoms. The number of nitrogens with zero attached hydrogens (tertiary/aromatic N) is 1. The lowest BCUT2D eigenvalue weighted by atomic mass is 10.1. The van der Waals surface area contributed by atoms with Crippen LogP contribution in [0.5, 0.6) is 0 Å². The third kappa shape index (κ3) is 2.74. The van der Waals surface area contributed by atoms with Crippen LogP contribution in [-0.2, 0) is 0 Å². The molecule has 0 aliphatic carbocycles. The number of amides is 1. The van der Waals surface area contributed by atoms with Crippen molar-refractivity contribution in [2.24, 2.45) is 0 Å². The molecule has 1 unspecified atom stereocenters. The van der Waals surface area contributed by atoms with Crippen LogP contribution in [0.15, 0.2) is 41.8 Å². The molecule has 0 aliphatic rings. The second-order valence-electron chi connectivity index (χ2n) is 4.12. The van der Waals surface area contributed by atoms with Gasteiger partial charge in [-0.15, -0.1) is 11.3 Å². The standard InChI is InChI=1S/C14H14ClNOS/c1-10(13-7-4-8-18-13)16(2)14(17)11-5-3-6-12(15)9-11/h3-10H,1-2H3. The number of hydrogen-bond acceptors (Lipinski definition) is 2. The van der Waals surface area contributed by atoms with Crippen LogP contribution < -0.4 is 0 Å². The largest absolute Gasteiger partial charge is 0.334 e. The normalized spacial score (nSPS) is 12.2. The average molecular weight is 280 g/mol. The van der Waals surface area contributed by atoms with E-state index in [-0.39, 0.29) is 11.9 Å². The minimum absolute atomic E-state index is 0.0154. The van der Waals surface area contributed by atoms with E-state index in [9.17, 15) is 4.79 Å². The Hall–Kier alpha value is -1.32. The van der Waals surface area contributed by atoms with E-state index >= 15 is 0 Å². The van der Waals surface area contributed by atoms with Gasteiger partial charge in [-0.1, -0.05) is 23.7 Å². The molecule has 94 valence electrons. The van der Waals surface area contributed by atoms with Crippen LogP contribution in [0, 0.1) is 0 Å². The third-order valence-electron chi connectivity index (χ3n) is 2.93. The molecule has 2 aromatic rings. The van der Waals surface area contributed by atoms with Gasteiger partial charge in [-0.2, -0.15) is 0 Å². The predicted octanol–water partition coefficient (Wildman–Crippen LogP) is 4.23. The molecule has 0 saturated heterocycles. The quantitative estimate of drug-likeness (QED) is 0.823. The fraction of sp³-hybridized carbons (Fsp3) is 0.214. The zero-order chi connectivity index (χ0) is 13.1. The molecule has 18 heavy (non-hydrogen) atoms. The van der Waals surface area contributed by atoms with Crippen molar-refractivity contribution < 1.29 is 4.79 Å². The Morgan fingerprint density at radius 2 is 2.11 bits per heavy atom. The average Bonchev–Trinajstić information content (AvgIpc) is 2.90. The van der Waals surface area contributed by atoms with E-state index in [1.54, 1.807) is 40.5 Å². The number of rotatable bonds is 3. The van der Waals surface area contributed by atoms with E-state index in [1.807, 2.05) is 31.5 Å². The second-order valence-corrected chi connectivity index (χ2v) is 5.53. The van der Waals surface area contributed by atoms with Crippen molar-refractivity contribution in [2.75, 3.05) is 7.05 Å². The molecule has 2 nitrogen and oxygen atoms in total. The first-order valence-corrected chi connectivity index (χ1v) is 6.91. The number of benzene rings is 1. The Morgan fingerprint density at radius 3 is 2.72 bits per heavy atom. The maximum absolute atomic E-state index is 12.3. The summed E-state index contributed by atoms with van der Waals surface area (Å²) < 4.78 is 0. The topological polar surface area (TPSA) is 20.3 Å². The smallest absolute Gasteiger partial charge is 0.254 e. The lowest BCUT2D eigenvalue weighted by molar-refractivity contribution is 0.0745. The van der Waals surface area contributed by atoms with Crippen molar-refractivity contribution in [1.82, 2.24) is 4.90 Å². The fourth-order valence-electron chi connectivity index (χ4n) is 1.72. The van der Waals surface area contributed by atoms with Crippen LogP contribution in [0.2, 0.25) is 5.02 Å². The highest BCUT2D eigenvalue weighted by Gasteiger charge is 2.19. The summed E-state index contributed by atoms with van der Waals surface area (Å²) in [5.41, 5.74) is 0.619. The van der Waals surface area contributed by atoms with Gasteiger partial charge in [0.15, 0.2) is 0 Å². The SMILES string of the molecule is CC(c1cccs1)N(C)C(=O)c1cccc(Cl)c1. The van der Waals surface area contributed by atoms with Crippen molar-refractivity contribution in [1.29, 1.82) is 0 Å². The van der Waals surface area contributed by atoms with Crippen molar-refractivity contribution in [2.45, 2.75) is 13.0 Å². The van der Waals surface area contributed by atoms with Gasteiger partial charge in [0.2, 0.25) is 0 Å². The zero-order valence-electron chi connectivity index (χ0n) is 10.3. The Labute approximate surface area is 116 Å². The summed E-state index contributed by atoms with van der Waals surface area (Å²) in [6.07, 6.45) is 0. The van der Waals surface area contributed by atoms with E-state index in [0.29, 0.717) is 10.6 Å². The summed E-state index contributed by atoms with van der Waals surface area (Å²) in [6.45, 7) is 2.02. The third-order valence-corrected chi connectivity index (χ3v) is 4.21. The molecule has 1 aromatic carbocycles. The number of carbonyl (C=O) groups is 1. The monoisotopic (exact) mass is 279 g/mol. The molecular formula is C14H14ClNOS. The number of halogens is 1. The van der Waals surface area contributed by atoms with Gasteiger partial charge in [0.25, 0.3) is 5.91 Å². The van der Waals surface area contributed by atoms with Crippen molar-refractivity contribution in [3.63, 3.8) is 0 Å². The molecule has 0 aliphatic heterocycles. The van der Waals surface area contributed by atoms with Crippen LogP contribution in [0.4, 0.5) is 0 Å². The first-order valence-electron chi connectivity index (χ1n) is 5.65. The molecule has 2 rings (SSSR count). The Kier molecular flexibility index (Phi) is 4.04. The van der Waals surface area contributed by atoms with Gasteiger partial charge in [-0.3, -0.25) is 4.79 Å². The summed E-state index contributed by atoms with van der Waals surface area (Å²) in [6, 6.07) is 11.1. The van der Waals surface area contributed by atoms with Gasteiger partial charge in [0, 0.05) is 22.5 Å². The molecule has 0 N–H and O–H groups in total. The maximum Gasteiger partial charge on any atom is 0.254 e. The molecular weight excluding hydrogens is 266 g/mol. The van der Waals surface area contributed by atoms with Crippen LogP contribution in [0.1, 0.15) is 28.2 Å². The van der Waals surface area contributed by atoms with E-state index in [1.165, 1.54) is 4.88 Å². The first-order chi connectivity index (χ1) is 8.59. The molecule has 0 bridgehead atoms. The van der Waals surface area contributed by atoms with Crippen LogP contribution >= 0.6 is 22.9 Å². The first kappa shape index (κ1) is 13.1. The summed E-state index contributed by atoms with van der Waals surface area (Å²) >= 11 is 7.56. The van der Waals surface area contributed by atoms with E-state index in [2.05, 4.69) is 0 Å². The van der Waals surface area contributed by atoms with Gasteiger partial charge in [-0.05, 0) is 36.6 Å². The van der Waals surface area contributed by atoms with Gasteiger partial charge >= 0.3 is 0 Å². The van der Waals surface area contributed by atoms with Gasteiger partial charge in [-0.25, -0.2) is 0 Å². The van der Waals surface area contributed by atoms with Crippen molar-refractivity contribution >= 4 is 28.8 Å². The molecule has 1 heterocycles. The molecule has 4 heteroatoms.